The lowest BCUT2D eigenvalue weighted by atomic mass is 10.2. The number of hydrogen-bond acceptors (Lipinski definition) is 2. The van der Waals surface area contributed by atoms with Crippen LogP contribution in [0, 0.1) is 11.7 Å². The van der Waals surface area contributed by atoms with E-state index in [1.54, 1.807) is 0 Å². The summed E-state index contributed by atoms with van der Waals surface area (Å²) in [4.78, 5) is 3.26. The maximum Gasteiger partial charge on any atom is 0.182 e. The molecule has 0 aliphatic rings. The number of aryl methyl sites for hydroxylation is 1. The summed E-state index contributed by atoms with van der Waals surface area (Å²) in [6.45, 7) is 4.94. The van der Waals surface area contributed by atoms with Crippen LogP contribution in [0.15, 0.2) is 42.5 Å². The highest BCUT2D eigenvalue weighted by Gasteiger charge is 2.08. The van der Waals surface area contributed by atoms with Gasteiger partial charge in [0.15, 0.2) is 4.77 Å². The fourth-order valence-corrected chi connectivity index (χ4v) is 2.79. The van der Waals surface area contributed by atoms with Crippen molar-refractivity contribution in [3.05, 3.63) is 52.8 Å². The van der Waals surface area contributed by atoms with Crippen molar-refractivity contribution < 1.29 is 4.74 Å². The van der Waals surface area contributed by atoms with Crippen LogP contribution in [0.2, 0.25) is 0 Å². The highest BCUT2D eigenvalue weighted by atomic mass is 32.1. The van der Waals surface area contributed by atoms with Crippen molar-refractivity contribution in [3.8, 4) is 11.4 Å². The first-order valence-electron chi connectivity index (χ1n) is 7.14. The number of aromatic nitrogens is 2. The molecular formula is C17H18N2OS. The molecule has 0 saturated carbocycles. The van der Waals surface area contributed by atoms with Crippen LogP contribution in [0.1, 0.15) is 18.9 Å². The minimum atomic E-state index is 0.710. The molecule has 0 amide bonds. The second kappa shape index (κ2) is 5.74. The minimum absolute atomic E-state index is 0.710. The number of imidazole rings is 1. The second-order valence-corrected chi connectivity index (χ2v) is 5.47. The molecule has 3 rings (SSSR count). The van der Waals surface area contributed by atoms with E-state index in [0.717, 1.165) is 35.5 Å². The standard InChI is InChI=1S/C17H18N2OS/c1-3-11-20-14-9-7-13(8-10-14)19-16-12(2)5-4-6-15(16)18-17(19)21/h4-10H,3,11H2,1-2H3,(H,18,21). The lowest BCUT2D eigenvalue weighted by Gasteiger charge is -2.09. The van der Waals surface area contributed by atoms with E-state index in [9.17, 15) is 0 Å². The summed E-state index contributed by atoms with van der Waals surface area (Å²) >= 11 is 5.47. The van der Waals surface area contributed by atoms with E-state index < -0.39 is 0 Å². The van der Waals surface area contributed by atoms with Crippen molar-refractivity contribution in [2.75, 3.05) is 6.61 Å². The van der Waals surface area contributed by atoms with Gasteiger partial charge in [0.25, 0.3) is 0 Å². The molecule has 3 nitrogen and oxygen atoms in total. The fraction of sp³-hybridized carbons (Fsp3) is 0.235. The highest BCUT2D eigenvalue weighted by molar-refractivity contribution is 7.71. The monoisotopic (exact) mass is 298 g/mol. The van der Waals surface area contributed by atoms with Gasteiger partial charge in [0.2, 0.25) is 0 Å². The number of benzene rings is 2. The molecule has 1 heterocycles. The van der Waals surface area contributed by atoms with Crippen LogP contribution in [0.3, 0.4) is 0 Å². The van der Waals surface area contributed by atoms with Crippen LogP contribution in [0.25, 0.3) is 16.7 Å². The molecule has 3 aromatic rings. The molecule has 0 spiro atoms. The van der Waals surface area contributed by atoms with Crippen molar-refractivity contribution in [2.45, 2.75) is 20.3 Å². The Morgan fingerprint density at radius 2 is 1.90 bits per heavy atom. The van der Waals surface area contributed by atoms with E-state index in [-0.39, 0.29) is 0 Å². The molecule has 0 fully saturated rings. The van der Waals surface area contributed by atoms with Crippen LogP contribution in [0.4, 0.5) is 0 Å². The molecule has 1 aromatic heterocycles. The lowest BCUT2D eigenvalue weighted by molar-refractivity contribution is 0.317. The number of para-hydroxylation sites is 1. The van der Waals surface area contributed by atoms with Crippen LogP contribution in [0.5, 0.6) is 5.75 Å². The number of fused-ring (bicyclic) bond motifs is 1. The molecule has 0 saturated heterocycles. The Kier molecular flexibility index (Phi) is 3.80. The largest absolute Gasteiger partial charge is 0.494 e. The van der Waals surface area contributed by atoms with E-state index in [4.69, 9.17) is 17.0 Å². The number of H-pyrrole nitrogens is 1. The molecule has 0 aliphatic heterocycles. The number of ether oxygens (including phenoxy) is 1. The topological polar surface area (TPSA) is 29.9 Å². The van der Waals surface area contributed by atoms with Crippen molar-refractivity contribution in [1.29, 1.82) is 0 Å². The number of aromatic amines is 1. The summed E-state index contributed by atoms with van der Waals surface area (Å²) in [6, 6.07) is 14.2. The van der Waals surface area contributed by atoms with Gasteiger partial charge in [0.05, 0.1) is 17.6 Å². The van der Waals surface area contributed by atoms with Gasteiger partial charge in [-0.15, -0.1) is 0 Å². The number of nitrogens with one attached hydrogen (secondary N) is 1. The van der Waals surface area contributed by atoms with E-state index in [0.29, 0.717) is 4.77 Å². The Morgan fingerprint density at radius 1 is 1.14 bits per heavy atom. The Balaban J connectivity index is 2.08. The van der Waals surface area contributed by atoms with Gasteiger partial charge in [0.1, 0.15) is 5.75 Å². The maximum absolute atomic E-state index is 5.63. The van der Waals surface area contributed by atoms with Crippen molar-refractivity contribution >= 4 is 23.3 Å². The first-order chi connectivity index (χ1) is 10.2. The van der Waals surface area contributed by atoms with E-state index in [1.807, 2.05) is 36.4 Å². The summed E-state index contributed by atoms with van der Waals surface area (Å²) < 4.78 is 8.41. The Hall–Kier alpha value is -2.07. The third-order valence-electron chi connectivity index (χ3n) is 3.47. The molecule has 2 aromatic carbocycles. The number of rotatable bonds is 4. The zero-order chi connectivity index (χ0) is 14.8. The Morgan fingerprint density at radius 3 is 2.62 bits per heavy atom. The zero-order valence-electron chi connectivity index (χ0n) is 12.2. The first-order valence-corrected chi connectivity index (χ1v) is 7.55. The predicted molar refractivity (Wildman–Crippen MR) is 89.0 cm³/mol. The molecule has 4 heteroatoms. The van der Waals surface area contributed by atoms with E-state index in [1.165, 1.54) is 5.56 Å². The predicted octanol–water partition coefficient (Wildman–Crippen LogP) is 4.79. The van der Waals surface area contributed by atoms with E-state index in [2.05, 4.69) is 29.5 Å². The number of nitrogens with zero attached hydrogens (tertiary/aromatic N) is 1. The summed E-state index contributed by atoms with van der Waals surface area (Å²) in [5.74, 6) is 0.892. The van der Waals surface area contributed by atoms with Crippen LogP contribution in [-0.2, 0) is 0 Å². The molecule has 108 valence electrons. The SMILES string of the molecule is CCCOc1ccc(-n2c(=S)[nH]c3cccc(C)c32)cc1. The van der Waals surface area contributed by atoms with Gasteiger partial charge < -0.3 is 9.72 Å². The average molecular weight is 298 g/mol. The Labute approximate surface area is 129 Å². The van der Waals surface area contributed by atoms with Gasteiger partial charge in [0, 0.05) is 5.69 Å². The van der Waals surface area contributed by atoms with Crippen molar-refractivity contribution in [1.82, 2.24) is 9.55 Å². The van der Waals surface area contributed by atoms with Gasteiger partial charge in [-0.2, -0.15) is 0 Å². The number of hydrogen-bond donors (Lipinski definition) is 1. The van der Waals surface area contributed by atoms with Crippen LogP contribution < -0.4 is 4.74 Å². The average Bonchev–Trinajstić information content (AvgIpc) is 2.83. The minimum Gasteiger partial charge on any atom is -0.494 e. The van der Waals surface area contributed by atoms with Crippen LogP contribution >= 0.6 is 12.2 Å². The molecule has 21 heavy (non-hydrogen) atoms. The molecule has 0 aliphatic carbocycles. The third-order valence-corrected chi connectivity index (χ3v) is 3.76. The summed E-state index contributed by atoms with van der Waals surface area (Å²) in [7, 11) is 0. The molecule has 0 atom stereocenters. The first kappa shape index (κ1) is 13.9. The Bertz CT molecular complexity index is 815. The zero-order valence-corrected chi connectivity index (χ0v) is 13.0. The van der Waals surface area contributed by atoms with Gasteiger partial charge in [-0.25, -0.2) is 0 Å². The second-order valence-electron chi connectivity index (χ2n) is 5.08. The fourth-order valence-electron chi connectivity index (χ4n) is 2.49. The van der Waals surface area contributed by atoms with Gasteiger partial charge in [-0.3, -0.25) is 4.57 Å². The van der Waals surface area contributed by atoms with Gasteiger partial charge in [-0.1, -0.05) is 19.1 Å². The normalized spacial score (nSPS) is 11.0. The highest BCUT2D eigenvalue weighted by Crippen LogP contribution is 2.24. The van der Waals surface area contributed by atoms with Gasteiger partial charge in [-0.05, 0) is 61.5 Å². The van der Waals surface area contributed by atoms with Gasteiger partial charge >= 0.3 is 0 Å². The summed E-state index contributed by atoms with van der Waals surface area (Å²) in [6.07, 6.45) is 1.01. The smallest absolute Gasteiger partial charge is 0.182 e. The third kappa shape index (κ3) is 2.59. The molecule has 0 bridgehead atoms. The van der Waals surface area contributed by atoms with E-state index >= 15 is 0 Å². The molecule has 0 unspecified atom stereocenters. The maximum atomic E-state index is 5.63. The van der Waals surface area contributed by atoms with Crippen molar-refractivity contribution in [3.63, 3.8) is 0 Å². The molecule has 1 N–H and O–H groups in total. The quantitative estimate of drug-likeness (QED) is 0.702. The van der Waals surface area contributed by atoms with Crippen molar-refractivity contribution in [2.24, 2.45) is 0 Å². The lowest BCUT2D eigenvalue weighted by Crippen LogP contribution is -1.97. The molecule has 0 radical (unpaired) electrons. The summed E-state index contributed by atoms with van der Waals surface area (Å²) in [5.41, 5.74) is 4.44. The van der Waals surface area contributed by atoms with Crippen LogP contribution in [-0.4, -0.2) is 16.2 Å². The summed E-state index contributed by atoms with van der Waals surface area (Å²) in [5, 5.41) is 0. The molecular weight excluding hydrogens is 280 g/mol.